The Morgan fingerprint density at radius 3 is 2.46 bits per heavy atom. The van der Waals surface area contributed by atoms with E-state index in [2.05, 4.69) is 25.0 Å². The van der Waals surface area contributed by atoms with Gasteiger partial charge in [0.1, 0.15) is 11.6 Å². The highest BCUT2D eigenvalue weighted by Crippen LogP contribution is 2.32. The average Bonchev–Trinajstić information content (AvgIpc) is 3.41. The van der Waals surface area contributed by atoms with E-state index < -0.39 is 10.0 Å². The maximum absolute atomic E-state index is 13.9. The number of nitrogens with two attached hydrogens (primary N) is 1. The van der Waals surface area contributed by atoms with E-state index in [1.54, 1.807) is 19.1 Å². The third kappa shape index (κ3) is 6.38. The van der Waals surface area contributed by atoms with Crippen molar-refractivity contribution < 1.29 is 17.9 Å². The molecule has 3 N–H and O–H groups in total. The smallest absolute Gasteiger partial charge is 0.277 e. The Balaban J connectivity index is 1.20. The number of carbonyl (C=O) groups excluding carboxylic acids is 1. The number of Topliss-reactive ketones (excluding diaryl/α,β-unsaturated/α-hetero) is 1. The molecule has 6 rings (SSSR count). The third-order valence-electron chi connectivity index (χ3n) is 8.25. The molecule has 250 valence electrons. The molecule has 0 unspecified atom stereocenters. The second kappa shape index (κ2) is 13.5. The fourth-order valence-electron chi connectivity index (χ4n) is 5.76. The number of aryl methyl sites for hydroxylation is 2. The molecule has 0 bridgehead atoms. The van der Waals surface area contributed by atoms with Crippen LogP contribution < -0.4 is 20.9 Å². The summed E-state index contributed by atoms with van der Waals surface area (Å²) in [5, 5.41) is 4.67. The predicted octanol–water partition coefficient (Wildman–Crippen LogP) is 3.05. The van der Waals surface area contributed by atoms with E-state index in [4.69, 9.17) is 10.5 Å². The number of nitrogen functional groups attached to an aromatic ring is 1. The minimum absolute atomic E-state index is 0.0471. The summed E-state index contributed by atoms with van der Waals surface area (Å²) >= 11 is 0. The van der Waals surface area contributed by atoms with Crippen LogP contribution in [0.1, 0.15) is 47.7 Å². The Hall–Kier alpha value is -5.15. The van der Waals surface area contributed by atoms with Crippen LogP contribution in [0.4, 0.5) is 11.6 Å². The van der Waals surface area contributed by atoms with Crippen molar-refractivity contribution in [1.29, 1.82) is 0 Å². The number of ether oxygens (including phenoxy) is 1. The van der Waals surface area contributed by atoms with Crippen LogP contribution in [0.25, 0.3) is 16.9 Å². The number of hydrogen-bond donors (Lipinski definition) is 2. The highest BCUT2D eigenvalue weighted by atomic mass is 32.2. The third-order valence-corrected chi connectivity index (χ3v) is 10.1. The van der Waals surface area contributed by atoms with Crippen LogP contribution in [-0.2, 0) is 22.9 Å². The molecular formula is C33H37N9O5S. The second-order valence-corrected chi connectivity index (χ2v) is 13.4. The van der Waals surface area contributed by atoms with Gasteiger partial charge in [-0.25, -0.2) is 27.9 Å². The minimum atomic E-state index is -3.93. The van der Waals surface area contributed by atoms with Crippen LogP contribution in [0, 0.1) is 6.92 Å². The Morgan fingerprint density at radius 1 is 1.04 bits per heavy atom. The number of nitrogens with one attached hydrogen (secondary N) is 1. The number of hydrogen-bond acceptors (Lipinski definition) is 11. The van der Waals surface area contributed by atoms with E-state index in [9.17, 15) is 18.0 Å². The van der Waals surface area contributed by atoms with E-state index in [1.807, 2.05) is 36.9 Å². The van der Waals surface area contributed by atoms with Gasteiger partial charge < -0.3 is 20.4 Å². The number of piperazine rings is 1. The summed E-state index contributed by atoms with van der Waals surface area (Å²) in [6.07, 6.45) is 4.56. The molecule has 3 aromatic heterocycles. The maximum Gasteiger partial charge on any atom is 0.277 e. The van der Waals surface area contributed by atoms with Gasteiger partial charge in [0.2, 0.25) is 16.0 Å². The van der Waals surface area contributed by atoms with Crippen LogP contribution in [0.15, 0.2) is 64.5 Å². The maximum atomic E-state index is 13.9. The number of H-pyrrole nitrogens is 1. The molecule has 0 aliphatic carbocycles. The van der Waals surface area contributed by atoms with Crippen molar-refractivity contribution in [3.63, 3.8) is 0 Å². The molecule has 2 aromatic carbocycles. The van der Waals surface area contributed by atoms with E-state index in [1.165, 1.54) is 33.3 Å². The number of ketones is 1. The molecule has 0 saturated carbocycles. The Labute approximate surface area is 277 Å². The van der Waals surface area contributed by atoms with Gasteiger partial charge in [0.05, 0.1) is 28.3 Å². The lowest BCUT2D eigenvalue weighted by Crippen LogP contribution is -2.49. The molecule has 1 fully saturated rings. The van der Waals surface area contributed by atoms with Crippen molar-refractivity contribution in [2.45, 2.75) is 44.9 Å². The Kier molecular flexibility index (Phi) is 9.24. The first kappa shape index (κ1) is 32.8. The first-order valence-corrected chi connectivity index (χ1v) is 17.2. The van der Waals surface area contributed by atoms with Gasteiger partial charge in [0, 0.05) is 57.1 Å². The summed E-state index contributed by atoms with van der Waals surface area (Å²) in [5.41, 5.74) is 8.54. The summed E-state index contributed by atoms with van der Waals surface area (Å²) in [6.45, 7) is 7.01. The van der Waals surface area contributed by atoms with Crippen molar-refractivity contribution >= 4 is 33.0 Å². The van der Waals surface area contributed by atoms with Gasteiger partial charge in [0.25, 0.3) is 5.56 Å². The Bertz CT molecular complexity index is 2140. The monoisotopic (exact) mass is 671 g/mol. The number of sulfonamides is 1. The number of rotatable bonds is 11. The summed E-state index contributed by atoms with van der Waals surface area (Å²) < 4.78 is 36.5. The largest absolute Gasteiger partial charge is 0.493 e. The normalized spacial score (nSPS) is 14.0. The van der Waals surface area contributed by atoms with E-state index in [0.29, 0.717) is 71.7 Å². The number of carbonyl (C=O) groups is 1. The first-order chi connectivity index (χ1) is 23.1. The van der Waals surface area contributed by atoms with E-state index in [-0.39, 0.29) is 41.6 Å². The van der Waals surface area contributed by atoms with Gasteiger partial charge in [-0.2, -0.15) is 4.31 Å². The zero-order chi connectivity index (χ0) is 34.0. The lowest BCUT2D eigenvalue weighted by Gasteiger charge is -2.34. The fraction of sp³-hybridized carbons (Fsp3) is 0.333. The quantitative estimate of drug-likeness (QED) is 0.156. The topological polar surface area (TPSA) is 182 Å². The first-order valence-electron chi connectivity index (χ1n) is 15.8. The van der Waals surface area contributed by atoms with Crippen LogP contribution in [0.3, 0.4) is 0 Å². The number of para-hydroxylation sites is 1. The highest BCUT2D eigenvalue weighted by molar-refractivity contribution is 7.89. The van der Waals surface area contributed by atoms with Crippen LogP contribution in [-0.4, -0.2) is 80.8 Å². The van der Waals surface area contributed by atoms with Crippen molar-refractivity contribution in [3.8, 4) is 17.1 Å². The van der Waals surface area contributed by atoms with E-state index in [0.717, 1.165) is 12.0 Å². The molecule has 1 saturated heterocycles. The van der Waals surface area contributed by atoms with Crippen molar-refractivity contribution in [3.05, 3.63) is 87.9 Å². The SMILES string of the molecule is CCCc1nc(C)c2c(=O)[nH]c(-c3cc(S(=O)(=O)N4CCN(c5ncc(C(=O)Cc6ccccc6N)cn5)CC4)ccc3OCC)nn12. The molecule has 1 aliphatic rings. The van der Waals surface area contributed by atoms with Gasteiger partial charge in [0.15, 0.2) is 17.1 Å². The standard InChI is InChI=1S/C33H37N9O5S/c1-4-8-29-37-21(3)30-32(44)38-31(39-42(29)30)25-18-24(11-12-28(25)47-5-2)48(45,46)41-15-13-40(14-16-41)33-35-19-23(20-36-33)27(43)17-22-9-6-7-10-26(22)34/h6-7,9-12,18-20H,4-5,8,13-17,34H2,1-3H3,(H,38,39,44). The number of nitrogens with zero attached hydrogens (tertiary/aromatic N) is 7. The minimum Gasteiger partial charge on any atom is -0.493 e. The molecule has 14 nitrogen and oxygen atoms in total. The van der Waals surface area contributed by atoms with Crippen molar-refractivity contribution in [1.82, 2.24) is 33.9 Å². The summed E-state index contributed by atoms with van der Waals surface area (Å²) in [6, 6.07) is 11.8. The molecule has 48 heavy (non-hydrogen) atoms. The number of benzene rings is 2. The molecule has 15 heteroatoms. The lowest BCUT2D eigenvalue weighted by atomic mass is 10.0. The number of imidazole rings is 1. The van der Waals surface area contributed by atoms with Crippen molar-refractivity contribution in [2.24, 2.45) is 0 Å². The van der Waals surface area contributed by atoms with Gasteiger partial charge in [-0.15, -0.1) is 5.10 Å². The zero-order valence-electron chi connectivity index (χ0n) is 27.0. The molecule has 0 radical (unpaired) electrons. The number of aromatic nitrogens is 6. The molecule has 0 amide bonds. The summed E-state index contributed by atoms with van der Waals surface area (Å²) in [5.74, 6) is 1.49. The molecular weight excluding hydrogens is 634 g/mol. The highest BCUT2D eigenvalue weighted by Gasteiger charge is 2.31. The molecule has 5 aromatic rings. The molecule has 4 heterocycles. The van der Waals surface area contributed by atoms with Crippen molar-refractivity contribution in [2.75, 3.05) is 43.4 Å². The average molecular weight is 672 g/mol. The number of fused-ring (bicyclic) bond motifs is 1. The van der Waals surface area contributed by atoms with Gasteiger partial charge >= 0.3 is 0 Å². The molecule has 1 aliphatic heterocycles. The second-order valence-electron chi connectivity index (χ2n) is 11.5. The van der Waals surface area contributed by atoms with Crippen LogP contribution in [0.2, 0.25) is 0 Å². The van der Waals surface area contributed by atoms with Gasteiger partial charge in [-0.1, -0.05) is 25.1 Å². The zero-order valence-corrected chi connectivity index (χ0v) is 27.8. The fourth-order valence-corrected chi connectivity index (χ4v) is 7.20. The predicted molar refractivity (Wildman–Crippen MR) is 181 cm³/mol. The number of anilines is 2. The number of aromatic amines is 1. The van der Waals surface area contributed by atoms with Gasteiger partial charge in [-0.05, 0) is 50.1 Å². The van der Waals surface area contributed by atoms with E-state index >= 15 is 0 Å². The summed E-state index contributed by atoms with van der Waals surface area (Å²) in [7, 11) is -3.93. The summed E-state index contributed by atoms with van der Waals surface area (Å²) in [4.78, 5) is 44.0. The van der Waals surface area contributed by atoms with Gasteiger partial charge in [-0.3, -0.25) is 9.59 Å². The van der Waals surface area contributed by atoms with Crippen LogP contribution >= 0.6 is 0 Å². The van der Waals surface area contributed by atoms with Crippen LogP contribution in [0.5, 0.6) is 5.75 Å². The molecule has 0 atom stereocenters. The lowest BCUT2D eigenvalue weighted by molar-refractivity contribution is 0.0992. The molecule has 0 spiro atoms. The Morgan fingerprint density at radius 2 is 1.77 bits per heavy atom.